The van der Waals surface area contributed by atoms with Crippen LogP contribution in [0.15, 0.2) is 42.7 Å². The number of fused-ring (bicyclic) bond motifs is 1. The summed E-state index contributed by atoms with van der Waals surface area (Å²) >= 11 is 0. The molecule has 1 aliphatic heterocycles. The number of aromatic nitrogens is 2. The summed E-state index contributed by atoms with van der Waals surface area (Å²) in [5.41, 5.74) is 0.317. The molecule has 10 heteroatoms. The molecular formula is C22H22F3N5O2. The highest BCUT2D eigenvalue weighted by atomic mass is 19.3. The number of amides is 2. The third kappa shape index (κ3) is 4.31. The number of pyridine rings is 1. The first-order valence-corrected chi connectivity index (χ1v) is 10.1. The van der Waals surface area contributed by atoms with Gasteiger partial charge in [0.15, 0.2) is 0 Å². The van der Waals surface area contributed by atoms with Gasteiger partial charge in [-0.05, 0) is 37.4 Å². The first kappa shape index (κ1) is 21.8. The van der Waals surface area contributed by atoms with Crippen LogP contribution in [0.4, 0.5) is 13.2 Å². The summed E-state index contributed by atoms with van der Waals surface area (Å²) in [5, 5.41) is 3.56. The molecule has 4 rings (SSSR count). The number of H-pyrrole nitrogens is 1. The van der Waals surface area contributed by atoms with E-state index in [1.807, 2.05) is 11.9 Å². The van der Waals surface area contributed by atoms with Gasteiger partial charge < -0.3 is 20.1 Å². The normalized spacial score (nSPS) is 17.2. The molecule has 3 aromatic rings. The van der Waals surface area contributed by atoms with Gasteiger partial charge in [-0.15, -0.1) is 0 Å². The Balaban J connectivity index is 1.50. The van der Waals surface area contributed by atoms with E-state index in [0.29, 0.717) is 36.2 Å². The van der Waals surface area contributed by atoms with Crippen LogP contribution in [-0.4, -0.2) is 70.9 Å². The van der Waals surface area contributed by atoms with E-state index in [9.17, 15) is 22.8 Å². The number of nitrogens with zero attached hydrogens (tertiary/aromatic N) is 3. The molecule has 1 aliphatic rings. The zero-order valence-corrected chi connectivity index (χ0v) is 17.3. The second-order valence-corrected chi connectivity index (χ2v) is 7.76. The number of aromatic amines is 1. The van der Waals surface area contributed by atoms with Gasteiger partial charge >= 0.3 is 0 Å². The molecule has 1 fully saturated rings. The fourth-order valence-corrected chi connectivity index (χ4v) is 3.92. The number of benzene rings is 1. The Morgan fingerprint density at radius 1 is 1.25 bits per heavy atom. The van der Waals surface area contributed by atoms with Gasteiger partial charge in [0.2, 0.25) is 0 Å². The van der Waals surface area contributed by atoms with Crippen molar-refractivity contribution in [1.29, 1.82) is 0 Å². The first-order chi connectivity index (χ1) is 15.3. The standard InChI is InChI=1S/C22H22F3N5O2/c1-29-8-9-30(22(32)13-2-3-17(19(24)25)18(23)10-13)14(12-29)11-28-21(31)16-5-7-27-20-15(16)4-6-26-20/h2-7,10,14,19H,8-9,11-12H2,1H3,(H,26,27)(H,28,31). The van der Waals surface area contributed by atoms with Gasteiger partial charge in [-0.3, -0.25) is 9.59 Å². The molecule has 1 saturated heterocycles. The molecule has 0 radical (unpaired) electrons. The molecule has 2 aromatic heterocycles. The molecule has 2 amide bonds. The molecule has 1 unspecified atom stereocenters. The molecule has 7 nitrogen and oxygen atoms in total. The van der Waals surface area contributed by atoms with Crippen molar-refractivity contribution in [2.45, 2.75) is 12.5 Å². The fourth-order valence-electron chi connectivity index (χ4n) is 3.92. The average molecular weight is 445 g/mol. The van der Waals surface area contributed by atoms with Gasteiger partial charge in [0.05, 0.1) is 17.2 Å². The van der Waals surface area contributed by atoms with E-state index < -0.39 is 23.7 Å². The van der Waals surface area contributed by atoms with Crippen molar-refractivity contribution in [3.63, 3.8) is 0 Å². The predicted molar refractivity (Wildman–Crippen MR) is 112 cm³/mol. The number of piperazine rings is 1. The van der Waals surface area contributed by atoms with E-state index in [2.05, 4.69) is 15.3 Å². The average Bonchev–Trinajstić information content (AvgIpc) is 3.25. The zero-order chi connectivity index (χ0) is 22.8. The highest BCUT2D eigenvalue weighted by Gasteiger charge is 2.31. The lowest BCUT2D eigenvalue weighted by atomic mass is 10.1. The second kappa shape index (κ2) is 8.99. The van der Waals surface area contributed by atoms with Crippen LogP contribution in [0.25, 0.3) is 11.0 Å². The van der Waals surface area contributed by atoms with Crippen molar-refractivity contribution >= 4 is 22.8 Å². The van der Waals surface area contributed by atoms with Crippen molar-refractivity contribution in [2.24, 2.45) is 0 Å². The Hall–Kier alpha value is -3.40. The summed E-state index contributed by atoms with van der Waals surface area (Å²) in [5.74, 6) is -1.88. The summed E-state index contributed by atoms with van der Waals surface area (Å²) in [7, 11) is 1.90. The van der Waals surface area contributed by atoms with Crippen molar-refractivity contribution < 1.29 is 22.8 Å². The Kier molecular flexibility index (Phi) is 6.13. The number of carbonyl (C=O) groups is 2. The van der Waals surface area contributed by atoms with E-state index in [-0.39, 0.29) is 24.1 Å². The van der Waals surface area contributed by atoms with Gasteiger partial charge in [-0.25, -0.2) is 18.2 Å². The van der Waals surface area contributed by atoms with Crippen LogP contribution in [0.3, 0.4) is 0 Å². The molecule has 3 heterocycles. The number of carbonyl (C=O) groups excluding carboxylic acids is 2. The number of likely N-dealkylation sites (N-methyl/N-ethyl adjacent to an activating group) is 1. The maximum Gasteiger partial charge on any atom is 0.266 e. The van der Waals surface area contributed by atoms with Gasteiger partial charge in [0, 0.05) is 49.5 Å². The summed E-state index contributed by atoms with van der Waals surface area (Å²) in [4.78, 5) is 36.5. The Morgan fingerprint density at radius 2 is 2.06 bits per heavy atom. The number of hydrogen-bond acceptors (Lipinski definition) is 4. The first-order valence-electron chi connectivity index (χ1n) is 10.1. The van der Waals surface area contributed by atoms with Gasteiger partial charge in [-0.2, -0.15) is 0 Å². The van der Waals surface area contributed by atoms with E-state index in [1.54, 1.807) is 23.2 Å². The predicted octanol–water partition coefficient (Wildman–Crippen LogP) is 2.83. The molecule has 0 spiro atoms. The third-order valence-corrected chi connectivity index (χ3v) is 5.63. The highest BCUT2D eigenvalue weighted by Crippen LogP contribution is 2.24. The summed E-state index contributed by atoms with van der Waals surface area (Å²) in [6.07, 6.45) is 0.282. The Labute approximate surface area is 182 Å². The largest absolute Gasteiger partial charge is 0.350 e. The Morgan fingerprint density at radius 3 is 2.81 bits per heavy atom. The van der Waals surface area contributed by atoms with E-state index in [1.165, 1.54) is 12.3 Å². The topological polar surface area (TPSA) is 81.3 Å². The second-order valence-electron chi connectivity index (χ2n) is 7.76. The summed E-state index contributed by atoms with van der Waals surface area (Å²) < 4.78 is 39.7. The molecule has 2 N–H and O–H groups in total. The lowest BCUT2D eigenvalue weighted by molar-refractivity contribution is 0.0491. The van der Waals surface area contributed by atoms with Crippen LogP contribution in [0.1, 0.15) is 32.7 Å². The number of alkyl halides is 2. The minimum absolute atomic E-state index is 0.00376. The van der Waals surface area contributed by atoms with Crippen LogP contribution >= 0.6 is 0 Å². The number of rotatable bonds is 5. The number of hydrogen-bond donors (Lipinski definition) is 2. The van der Waals surface area contributed by atoms with E-state index in [4.69, 9.17) is 0 Å². The van der Waals surface area contributed by atoms with Crippen LogP contribution in [0.5, 0.6) is 0 Å². The quantitative estimate of drug-likeness (QED) is 0.633. The number of halogens is 3. The van der Waals surface area contributed by atoms with Crippen molar-refractivity contribution in [1.82, 2.24) is 25.1 Å². The van der Waals surface area contributed by atoms with Crippen molar-refractivity contribution in [2.75, 3.05) is 33.2 Å². The monoisotopic (exact) mass is 445 g/mol. The highest BCUT2D eigenvalue weighted by molar-refractivity contribution is 6.05. The molecule has 1 atom stereocenters. The molecule has 0 aliphatic carbocycles. The van der Waals surface area contributed by atoms with Gasteiger partial charge in [0.1, 0.15) is 11.5 Å². The smallest absolute Gasteiger partial charge is 0.266 e. The van der Waals surface area contributed by atoms with Crippen LogP contribution in [-0.2, 0) is 0 Å². The van der Waals surface area contributed by atoms with Crippen LogP contribution < -0.4 is 5.32 Å². The lowest BCUT2D eigenvalue weighted by Crippen LogP contribution is -2.57. The lowest BCUT2D eigenvalue weighted by Gasteiger charge is -2.40. The Bertz CT molecular complexity index is 1150. The maximum atomic E-state index is 14.0. The molecule has 0 bridgehead atoms. The molecule has 168 valence electrons. The minimum Gasteiger partial charge on any atom is -0.350 e. The third-order valence-electron chi connectivity index (χ3n) is 5.63. The minimum atomic E-state index is -2.95. The van der Waals surface area contributed by atoms with Gasteiger partial charge in [0.25, 0.3) is 18.2 Å². The molecular weight excluding hydrogens is 423 g/mol. The summed E-state index contributed by atoms with van der Waals surface area (Å²) in [6.45, 7) is 1.65. The summed E-state index contributed by atoms with van der Waals surface area (Å²) in [6, 6.07) is 6.00. The van der Waals surface area contributed by atoms with Crippen LogP contribution in [0.2, 0.25) is 0 Å². The molecule has 1 aromatic carbocycles. The molecule has 0 saturated carbocycles. The number of nitrogens with one attached hydrogen (secondary N) is 2. The van der Waals surface area contributed by atoms with E-state index in [0.717, 1.165) is 12.1 Å². The van der Waals surface area contributed by atoms with Crippen molar-refractivity contribution in [3.05, 3.63) is 65.2 Å². The van der Waals surface area contributed by atoms with Gasteiger partial charge in [-0.1, -0.05) is 0 Å². The SMILES string of the molecule is CN1CCN(C(=O)c2ccc(C(F)F)c(F)c2)C(CNC(=O)c2ccnc3[nH]ccc23)C1. The maximum absolute atomic E-state index is 14.0. The van der Waals surface area contributed by atoms with E-state index >= 15 is 0 Å². The fraction of sp³-hybridized carbons (Fsp3) is 0.318. The van der Waals surface area contributed by atoms with Crippen LogP contribution in [0, 0.1) is 5.82 Å². The molecule has 32 heavy (non-hydrogen) atoms. The van der Waals surface area contributed by atoms with Crippen molar-refractivity contribution in [3.8, 4) is 0 Å². The zero-order valence-electron chi connectivity index (χ0n) is 17.3.